The highest BCUT2D eigenvalue weighted by atomic mass is 79.9. The molecule has 0 saturated heterocycles. The Labute approximate surface area is 93.7 Å². The number of halogens is 1. The Balaban J connectivity index is 0.000000531. The number of nitrogens with one attached hydrogen (secondary N) is 2. The molecule has 15 heavy (non-hydrogen) atoms. The van der Waals surface area contributed by atoms with E-state index in [0.717, 1.165) is 0 Å². The first-order valence-electron chi connectivity index (χ1n) is 4.45. The largest absolute Gasteiger partial charge is 0.326 e. The summed E-state index contributed by atoms with van der Waals surface area (Å²) in [7, 11) is 0. The van der Waals surface area contributed by atoms with Crippen molar-refractivity contribution in [3.8, 4) is 0 Å². The molecule has 0 bridgehead atoms. The van der Waals surface area contributed by atoms with Crippen LogP contribution in [-0.2, 0) is 0 Å². The first kappa shape index (κ1) is 11.6. The molecule has 0 aliphatic heterocycles. The number of pyridine rings is 1. The van der Waals surface area contributed by atoms with Gasteiger partial charge in [-0.2, -0.15) is 0 Å². The summed E-state index contributed by atoms with van der Waals surface area (Å²) in [6, 6.07) is 1.62. The van der Waals surface area contributed by atoms with Crippen LogP contribution in [0.25, 0.3) is 11.0 Å². The normalized spacial score (nSPS) is 9.53. The SMILES string of the molecule is CC.O=c1[nH]c(=O)c2ncc(Br)cc2[nH]1. The van der Waals surface area contributed by atoms with Crippen LogP contribution >= 0.6 is 15.9 Å². The van der Waals surface area contributed by atoms with E-state index in [-0.39, 0.29) is 5.52 Å². The molecule has 0 saturated carbocycles. The minimum absolute atomic E-state index is 0.225. The number of fused-ring (bicyclic) bond motifs is 1. The predicted octanol–water partition coefficient (Wildman–Crippen LogP) is 1.40. The number of aromatic nitrogens is 3. The third-order valence-electron chi connectivity index (χ3n) is 1.54. The average Bonchev–Trinajstić information content (AvgIpc) is 2.19. The fourth-order valence-corrected chi connectivity index (χ4v) is 1.36. The number of aromatic amines is 2. The minimum atomic E-state index is -0.530. The van der Waals surface area contributed by atoms with Gasteiger partial charge in [0.1, 0.15) is 0 Å². The third kappa shape index (κ3) is 2.53. The molecule has 5 nitrogen and oxygen atoms in total. The molecule has 2 rings (SSSR count). The lowest BCUT2D eigenvalue weighted by Gasteiger charge is -1.94. The van der Waals surface area contributed by atoms with E-state index in [4.69, 9.17) is 0 Å². The molecule has 80 valence electrons. The second kappa shape index (κ2) is 4.88. The molecular formula is C9H10BrN3O2. The Hall–Kier alpha value is -1.43. The highest BCUT2D eigenvalue weighted by Crippen LogP contribution is 2.10. The standard InChI is InChI=1S/C7H4BrN3O2.C2H6/c8-3-1-4-5(9-2-3)6(12)11-7(13)10-4;1-2/h1-2H,(H2,10,11,12,13);1-2H3. The van der Waals surface area contributed by atoms with Crippen molar-refractivity contribution in [3.63, 3.8) is 0 Å². The molecule has 0 aromatic carbocycles. The molecule has 2 N–H and O–H groups in total. The van der Waals surface area contributed by atoms with Crippen LogP contribution in [0.1, 0.15) is 13.8 Å². The van der Waals surface area contributed by atoms with E-state index < -0.39 is 11.2 Å². The fraction of sp³-hybridized carbons (Fsp3) is 0.222. The van der Waals surface area contributed by atoms with Crippen LogP contribution in [0.3, 0.4) is 0 Å². The van der Waals surface area contributed by atoms with E-state index in [0.29, 0.717) is 9.99 Å². The van der Waals surface area contributed by atoms with Gasteiger partial charge < -0.3 is 4.98 Å². The fourth-order valence-electron chi connectivity index (χ4n) is 1.03. The smallest absolute Gasteiger partial charge is 0.305 e. The molecule has 2 aromatic rings. The van der Waals surface area contributed by atoms with E-state index in [1.165, 1.54) is 6.20 Å². The van der Waals surface area contributed by atoms with Crippen molar-refractivity contribution in [3.05, 3.63) is 37.6 Å². The molecule has 0 fully saturated rings. The molecule has 0 aliphatic carbocycles. The number of hydrogen-bond donors (Lipinski definition) is 2. The molecule has 2 aromatic heterocycles. The van der Waals surface area contributed by atoms with Gasteiger partial charge in [-0.15, -0.1) is 0 Å². The maximum Gasteiger partial charge on any atom is 0.326 e. The van der Waals surface area contributed by atoms with Crippen LogP contribution in [0.4, 0.5) is 0 Å². The Morgan fingerprint density at radius 2 is 1.93 bits per heavy atom. The van der Waals surface area contributed by atoms with Crippen molar-refractivity contribution < 1.29 is 0 Å². The Morgan fingerprint density at radius 3 is 2.60 bits per heavy atom. The lowest BCUT2D eigenvalue weighted by Crippen LogP contribution is -2.22. The summed E-state index contributed by atoms with van der Waals surface area (Å²) in [4.78, 5) is 30.4. The van der Waals surface area contributed by atoms with Crippen molar-refractivity contribution in [2.45, 2.75) is 13.8 Å². The zero-order valence-electron chi connectivity index (χ0n) is 8.30. The molecular weight excluding hydrogens is 262 g/mol. The maximum atomic E-state index is 11.2. The van der Waals surface area contributed by atoms with Gasteiger partial charge in [0.05, 0.1) is 5.52 Å². The minimum Gasteiger partial charge on any atom is -0.305 e. The molecule has 0 amide bonds. The first-order chi connectivity index (χ1) is 7.16. The molecule has 2 heterocycles. The van der Waals surface area contributed by atoms with E-state index in [2.05, 4.69) is 30.9 Å². The van der Waals surface area contributed by atoms with E-state index >= 15 is 0 Å². The Bertz CT molecular complexity index is 573. The molecule has 0 aliphatic rings. The summed E-state index contributed by atoms with van der Waals surface area (Å²) < 4.78 is 0.709. The number of nitrogens with zero attached hydrogens (tertiary/aromatic N) is 1. The topological polar surface area (TPSA) is 78.6 Å². The van der Waals surface area contributed by atoms with E-state index in [1.807, 2.05) is 13.8 Å². The van der Waals surface area contributed by atoms with Gasteiger partial charge in [0.15, 0.2) is 5.52 Å². The predicted molar refractivity (Wildman–Crippen MR) is 62.0 cm³/mol. The third-order valence-corrected chi connectivity index (χ3v) is 1.98. The molecule has 6 heteroatoms. The van der Waals surface area contributed by atoms with Crippen LogP contribution in [-0.4, -0.2) is 15.0 Å². The number of rotatable bonds is 0. The van der Waals surface area contributed by atoms with Crippen LogP contribution in [0.2, 0.25) is 0 Å². The highest BCUT2D eigenvalue weighted by molar-refractivity contribution is 9.10. The van der Waals surface area contributed by atoms with Gasteiger partial charge in [-0.3, -0.25) is 9.78 Å². The lowest BCUT2D eigenvalue weighted by atomic mass is 10.4. The van der Waals surface area contributed by atoms with Gasteiger partial charge in [-0.1, -0.05) is 13.8 Å². The highest BCUT2D eigenvalue weighted by Gasteiger charge is 2.01. The summed E-state index contributed by atoms with van der Waals surface area (Å²) in [5, 5.41) is 0. The van der Waals surface area contributed by atoms with Crippen molar-refractivity contribution in [2.24, 2.45) is 0 Å². The van der Waals surface area contributed by atoms with Crippen LogP contribution < -0.4 is 11.2 Å². The van der Waals surface area contributed by atoms with Crippen molar-refractivity contribution in [1.29, 1.82) is 0 Å². The maximum absolute atomic E-state index is 11.2. The molecule has 0 spiro atoms. The second-order valence-electron chi connectivity index (χ2n) is 2.46. The van der Waals surface area contributed by atoms with Gasteiger partial charge in [-0.05, 0) is 22.0 Å². The lowest BCUT2D eigenvalue weighted by molar-refractivity contribution is 1.07. The van der Waals surface area contributed by atoms with Gasteiger partial charge in [0.25, 0.3) is 5.56 Å². The summed E-state index contributed by atoms with van der Waals surface area (Å²) in [5.74, 6) is 0. The quantitative estimate of drug-likeness (QED) is 0.760. The Morgan fingerprint density at radius 1 is 1.27 bits per heavy atom. The molecule has 0 unspecified atom stereocenters. The van der Waals surface area contributed by atoms with E-state index in [9.17, 15) is 9.59 Å². The van der Waals surface area contributed by atoms with E-state index in [1.54, 1.807) is 6.07 Å². The Kier molecular flexibility index (Phi) is 3.79. The monoisotopic (exact) mass is 271 g/mol. The average molecular weight is 272 g/mol. The van der Waals surface area contributed by atoms with Gasteiger partial charge in [-0.25, -0.2) is 9.78 Å². The van der Waals surface area contributed by atoms with Crippen molar-refractivity contribution >= 4 is 27.0 Å². The van der Waals surface area contributed by atoms with Crippen LogP contribution in [0.5, 0.6) is 0 Å². The number of H-pyrrole nitrogens is 2. The van der Waals surface area contributed by atoms with Gasteiger partial charge in [0.2, 0.25) is 0 Å². The van der Waals surface area contributed by atoms with Crippen molar-refractivity contribution in [1.82, 2.24) is 15.0 Å². The first-order valence-corrected chi connectivity index (χ1v) is 5.24. The molecule has 0 atom stereocenters. The summed E-state index contributed by atoms with van der Waals surface area (Å²) >= 11 is 3.18. The summed E-state index contributed by atoms with van der Waals surface area (Å²) in [6.07, 6.45) is 1.50. The van der Waals surface area contributed by atoms with Crippen LogP contribution in [0, 0.1) is 0 Å². The van der Waals surface area contributed by atoms with Gasteiger partial charge in [0, 0.05) is 10.7 Å². The van der Waals surface area contributed by atoms with Crippen molar-refractivity contribution in [2.75, 3.05) is 0 Å². The summed E-state index contributed by atoms with van der Waals surface area (Å²) in [5.41, 5.74) is -0.366. The zero-order chi connectivity index (χ0) is 11.4. The van der Waals surface area contributed by atoms with Gasteiger partial charge >= 0.3 is 5.69 Å². The number of hydrogen-bond acceptors (Lipinski definition) is 3. The molecule has 0 radical (unpaired) electrons. The second-order valence-corrected chi connectivity index (χ2v) is 3.37. The zero-order valence-corrected chi connectivity index (χ0v) is 9.88. The van der Waals surface area contributed by atoms with Crippen LogP contribution in [0.15, 0.2) is 26.3 Å². The summed E-state index contributed by atoms with van der Waals surface area (Å²) in [6.45, 7) is 4.00.